The van der Waals surface area contributed by atoms with E-state index in [1.54, 1.807) is 0 Å². The lowest BCUT2D eigenvalue weighted by atomic mass is 9.75. The molecule has 22 heavy (non-hydrogen) atoms. The fourth-order valence-corrected chi connectivity index (χ4v) is 5.10. The van der Waals surface area contributed by atoms with Crippen LogP contribution in [-0.4, -0.2) is 34.9 Å². The monoisotopic (exact) mass is 310 g/mol. The van der Waals surface area contributed by atoms with E-state index in [1.165, 1.54) is 6.92 Å². The summed E-state index contributed by atoms with van der Waals surface area (Å²) < 4.78 is 11.4. The lowest BCUT2D eigenvalue weighted by Crippen LogP contribution is -2.43. The molecule has 124 valence electrons. The van der Waals surface area contributed by atoms with Gasteiger partial charge in [-0.2, -0.15) is 0 Å². The van der Waals surface area contributed by atoms with E-state index < -0.39 is 11.7 Å². The van der Waals surface area contributed by atoms with Gasteiger partial charge >= 0.3 is 11.9 Å². The number of aliphatic hydroxyl groups excluding tert-OH is 1. The molecule has 3 aliphatic rings. The quantitative estimate of drug-likeness (QED) is 0.749. The molecule has 0 amide bonds. The summed E-state index contributed by atoms with van der Waals surface area (Å²) in [4.78, 5) is 23.6. The van der Waals surface area contributed by atoms with Crippen molar-refractivity contribution in [3.63, 3.8) is 0 Å². The number of rotatable bonds is 1. The first-order valence-electron chi connectivity index (χ1n) is 8.32. The first-order valence-corrected chi connectivity index (χ1v) is 8.32. The molecule has 0 aromatic carbocycles. The highest BCUT2D eigenvalue weighted by atomic mass is 16.6. The van der Waals surface area contributed by atoms with Crippen molar-refractivity contribution in [2.75, 3.05) is 0 Å². The zero-order chi connectivity index (χ0) is 16.2. The maximum atomic E-state index is 12.0. The first kappa shape index (κ1) is 15.8. The molecule has 0 bridgehead atoms. The third-order valence-electron chi connectivity index (χ3n) is 6.38. The van der Waals surface area contributed by atoms with Gasteiger partial charge in [-0.25, -0.2) is 0 Å². The maximum absolute atomic E-state index is 12.0. The van der Waals surface area contributed by atoms with Gasteiger partial charge in [0.05, 0.1) is 12.0 Å². The van der Waals surface area contributed by atoms with E-state index in [-0.39, 0.29) is 47.6 Å². The van der Waals surface area contributed by atoms with Gasteiger partial charge in [0.1, 0.15) is 11.7 Å². The molecule has 2 saturated carbocycles. The molecule has 1 N–H and O–H groups in total. The Morgan fingerprint density at radius 3 is 2.73 bits per heavy atom. The van der Waals surface area contributed by atoms with Crippen LogP contribution in [0.5, 0.6) is 0 Å². The number of hydrogen-bond acceptors (Lipinski definition) is 5. The minimum atomic E-state index is -0.585. The molecular weight excluding hydrogens is 284 g/mol. The van der Waals surface area contributed by atoms with E-state index >= 15 is 0 Å². The summed E-state index contributed by atoms with van der Waals surface area (Å²) in [6.45, 7) is 7.35. The molecule has 3 fully saturated rings. The topological polar surface area (TPSA) is 72.8 Å². The van der Waals surface area contributed by atoms with Crippen LogP contribution in [0.1, 0.15) is 47.0 Å². The van der Waals surface area contributed by atoms with Crippen LogP contribution in [-0.2, 0) is 19.1 Å². The Morgan fingerprint density at radius 2 is 2.09 bits per heavy atom. The summed E-state index contributed by atoms with van der Waals surface area (Å²) in [7, 11) is 0. The van der Waals surface area contributed by atoms with E-state index in [0.29, 0.717) is 6.42 Å². The van der Waals surface area contributed by atoms with E-state index in [0.717, 1.165) is 12.8 Å². The summed E-state index contributed by atoms with van der Waals surface area (Å²) in [5.41, 5.74) is -0.585. The van der Waals surface area contributed by atoms with E-state index in [4.69, 9.17) is 9.47 Å². The van der Waals surface area contributed by atoms with Gasteiger partial charge in [-0.3, -0.25) is 9.59 Å². The minimum absolute atomic E-state index is 0.0366. The Balaban J connectivity index is 1.98. The van der Waals surface area contributed by atoms with Crippen molar-refractivity contribution in [2.45, 2.75) is 64.8 Å². The van der Waals surface area contributed by atoms with E-state index in [2.05, 4.69) is 0 Å². The van der Waals surface area contributed by atoms with Crippen molar-refractivity contribution in [1.82, 2.24) is 0 Å². The molecule has 8 atom stereocenters. The molecule has 5 heteroatoms. The number of fused-ring (bicyclic) bond motifs is 3. The van der Waals surface area contributed by atoms with Crippen molar-refractivity contribution < 1.29 is 24.2 Å². The molecule has 1 saturated heterocycles. The largest absolute Gasteiger partial charge is 0.462 e. The van der Waals surface area contributed by atoms with Gasteiger partial charge in [-0.15, -0.1) is 0 Å². The number of carbonyl (C=O) groups excluding carboxylic acids is 2. The van der Waals surface area contributed by atoms with Gasteiger partial charge in [0.25, 0.3) is 0 Å². The highest BCUT2D eigenvalue weighted by molar-refractivity contribution is 5.75. The summed E-state index contributed by atoms with van der Waals surface area (Å²) in [5, 5.41) is 10.4. The van der Waals surface area contributed by atoms with Crippen LogP contribution in [0.25, 0.3) is 0 Å². The normalized spacial score (nSPS) is 50.8. The Kier molecular flexibility index (Phi) is 3.75. The molecule has 1 aliphatic heterocycles. The van der Waals surface area contributed by atoms with E-state index in [9.17, 15) is 14.7 Å². The van der Waals surface area contributed by atoms with Gasteiger partial charge in [-0.1, -0.05) is 13.8 Å². The van der Waals surface area contributed by atoms with Crippen LogP contribution >= 0.6 is 0 Å². The second-order valence-corrected chi connectivity index (χ2v) is 7.65. The zero-order valence-corrected chi connectivity index (χ0v) is 13.7. The Hall–Kier alpha value is -1.10. The van der Waals surface area contributed by atoms with Gasteiger partial charge in [0.2, 0.25) is 0 Å². The summed E-state index contributed by atoms with van der Waals surface area (Å²) in [6, 6.07) is 0. The van der Waals surface area contributed by atoms with Crippen molar-refractivity contribution in [3.05, 3.63) is 0 Å². The number of esters is 2. The van der Waals surface area contributed by atoms with Gasteiger partial charge in [0.15, 0.2) is 0 Å². The highest BCUT2D eigenvalue weighted by Crippen LogP contribution is 2.55. The number of aliphatic hydroxyl groups is 1. The van der Waals surface area contributed by atoms with Gasteiger partial charge in [-0.05, 0) is 32.1 Å². The maximum Gasteiger partial charge on any atom is 0.309 e. The first-order chi connectivity index (χ1) is 10.2. The molecule has 0 aromatic heterocycles. The van der Waals surface area contributed by atoms with Crippen LogP contribution in [0.4, 0.5) is 0 Å². The highest BCUT2D eigenvalue weighted by Gasteiger charge is 2.60. The number of ether oxygens (including phenoxy) is 2. The van der Waals surface area contributed by atoms with Gasteiger partial charge < -0.3 is 14.6 Å². The lowest BCUT2D eigenvalue weighted by molar-refractivity contribution is -0.167. The van der Waals surface area contributed by atoms with Crippen LogP contribution in [0.15, 0.2) is 0 Å². The third-order valence-corrected chi connectivity index (χ3v) is 6.38. The molecule has 0 radical (unpaired) electrons. The Bertz CT molecular complexity index is 489. The number of hydrogen-bond donors (Lipinski definition) is 1. The fourth-order valence-electron chi connectivity index (χ4n) is 5.10. The summed E-state index contributed by atoms with van der Waals surface area (Å²) in [5.74, 6) is -0.231. The zero-order valence-electron chi connectivity index (χ0n) is 13.7. The van der Waals surface area contributed by atoms with Crippen LogP contribution in [0.2, 0.25) is 0 Å². The third kappa shape index (κ3) is 2.25. The van der Waals surface area contributed by atoms with Crippen LogP contribution < -0.4 is 0 Å². The predicted molar refractivity (Wildman–Crippen MR) is 78.7 cm³/mol. The van der Waals surface area contributed by atoms with Crippen molar-refractivity contribution in [3.8, 4) is 0 Å². The average Bonchev–Trinajstić information content (AvgIpc) is 2.82. The minimum Gasteiger partial charge on any atom is -0.462 e. The molecular formula is C17H26O5. The summed E-state index contributed by atoms with van der Waals surface area (Å²) in [6.07, 6.45) is 1.55. The SMILES string of the molecule is CC(=O)O[C@]1(C)CCC2C(C)C(=O)OC2C2C(C)[C@@H](O)CC21. The molecule has 2 aliphatic carbocycles. The van der Waals surface area contributed by atoms with Crippen molar-refractivity contribution >= 4 is 11.9 Å². The fraction of sp³-hybridized carbons (Fsp3) is 0.882. The molecule has 0 aromatic rings. The molecule has 6 unspecified atom stereocenters. The Morgan fingerprint density at radius 1 is 1.41 bits per heavy atom. The standard InChI is InChI=1S/C17H26O5/c1-8-11-5-6-17(4,22-10(3)18)12-7-13(19)9(2)14(12)15(11)21-16(8)20/h8-9,11-15,19H,5-7H2,1-4H3/t8?,9?,11?,12?,13-,14?,15?,17+/m0/s1. The molecule has 1 heterocycles. The van der Waals surface area contributed by atoms with E-state index in [1.807, 2.05) is 20.8 Å². The van der Waals surface area contributed by atoms with Crippen molar-refractivity contribution in [2.24, 2.45) is 29.6 Å². The number of carbonyl (C=O) groups is 2. The Labute approximate surface area is 131 Å². The second kappa shape index (κ2) is 5.22. The molecule has 0 spiro atoms. The summed E-state index contributed by atoms with van der Waals surface area (Å²) >= 11 is 0. The smallest absolute Gasteiger partial charge is 0.309 e. The predicted octanol–water partition coefficient (Wildman–Crippen LogP) is 1.91. The lowest BCUT2D eigenvalue weighted by Gasteiger charge is -2.38. The molecule has 5 nitrogen and oxygen atoms in total. The van der Waals surface area contributed by atoms with Crippen molar-refractivity contribution in [1.29, 1.82) is 0 Å². The van der Waals surface area contributed by atoms with Crippen LogP contribution in [0.3, 0.4) is 0 Å². The second-order valence-electron chi connectivity index (χ2n) is 7.65. The molecule has 3 rings (SSSR count). The van der Waals surface area contributed by atoms with Gasteiger partial charge in [0, 0.05) is 24.7 Å². The van der Waals surface area contributed by atoms with Crippen LogP contribution in [0, 0.1) is 29.6 Å². The average molecular weight is 310 g/mol.